The van der Waals surface area contributed by atoms with Crippen LogP contribution < -0.4 is 5.32 Å². The molecule has 0 amide bonds. The van der Waals surface area contributed by atoms with Crippen LogP contribution >= 0.6 is 0 Å². The van der Waals surface area contributed by atoms with E-state index in [2.05, 4.69) is 5.32 Å². The van der Waals surface area contributed by atoms with Gasteiger partial charge in [-0.25, -0.2) is 4.39 Å². The van der Waals surface area contributed by atoms with Crippen LogP contribution in [0.1, 0.15) is 55.3 Å². The molecule has 1 atom stereocenters. The van der Waals surface area contributed by atoms with E-state index in [-0.39, 0.29) is 18.6 Å². The predicted molar refractivity (Wildman–Crippen MR) is 87.7 cm³/mol. The smallest absolute Gasteiger partial charge is 0.314 e. The Morgan fingerprint density at radius 1 is 1.00 bits per heavy atom. The summed E-state index contributed by atoms with van der Waals surface area (Å²) in [5.74, 6) is -1.45. The largest absolute Gasteiger partial charge is 0.416 e. The number of nitrogens with zero attached hydrogens (tertiary/aromatic N) is 1. The van der Waals surface area contributed by atoms with Crippen molar-refractivity contribution in [3.8, 4) is 0 Å². The summed E-state index contributed by atoms with van der Waals surface area (Å²) in [5.41, 5.74) is -3.83. The van der Waals surface area contributed by atoms with Crippen molar-refractivity contribution >= 4 is 0 Å². The maximum Gasteiger partial charge on any atom is 0.416 e. The van der Waals surface area contributed by atoms with Gasteiger partial charge >= 0.3 is 12.4 Å². The Balaban J connectivity index is 2.54. The van der Waals surface area contributed by atoms with Crippen LogP contribution in [0, 0.1) is 5.82 Å². The molecule has 0 radical (unpaired) electrons. The van der Waals surface area contributed by atoms with Gasteiger partial charge in [0.05, 0.1) is 11.1 Å². The first-order valence-corrected chi connectivity index (χ1v) is 8.98. The normalized spacial score (nSPS) is 17.9. The van der Waals surface area contributed by atoms with Gasteiger partial charge in [-0.15, -0.1) is 0 Å². The highest BCUT2D eigenvalue weighted by atomic mass is 19.4. The van der Waals surface area contributed by atoms with E-state index in [0.29, 0.717) is 32.6 Å². The van der Waals surface area contributed by atoms with E-state index in [4.69, 9.17) is 0 Å². The molecule has 2 rings (SSSR count). The fourth-order valence-corrected chi connectivity index (χ4v) is 3.45. The Labute approximate surface area is 153 Å². The number of unbranched alkanes of at least 4 members (excludes halogenated alkanes) is 2. The molecule has 0 aromatic heterocycles. The van der Waals surface area contributed by atoms with Gasteiger partial charge in [-0.05, 0) is 18.6 Å². The number of hydrogen-bond acceptors (Lipinski definition) is 2. The second-order valence-corrected chi connectivity index (χ2v) is 6.71. The van der Waals surface area contributed by atoms with Crippen LogP contribution in [0.15, 0.2) is 12.1 Å². The maximum atomic E-state index is 14.6. The third kappa shape index (κ3) is 5.57. The van der Waals surface area contributed by atoms with Gasteiger partial charge in [0, 0.05) is 37.8 Å². The molecule has 1 aliphatic rings. The summed E-state index contributed by atoms with van der Waals surface area (Å²) in [4.78, 5) is 1.73. The molecule has 0 aliphatic carbocycles. The van der Waals surface area contributed by atoms with Crippen LogP contribution in [0.5, 0.6) is 0 Å². The van der Waals surface area contributed by atoms with Gasteiger partial charge < -0.3 is 5.32 Å². The lowest BCUT2D eigenvalue weighted by atomic mass is 9.91. The molecule has 0 unspecified atom stereocenters. The molecular weight excluding hydrogens is 377 g/mol. The van der Waals surface area contributed by atoms with Crippen molar-refractivity contribution in [2.45, 2.75) is 51.0 Å². The molecule has 1 fully saturated rings. The third-order valence-corrected chi connectivity index (χ3v) is 4.77. The zero-order valence-corrected chi connectivity index (χ0v) is 15.0. The second kappa shape index (κ2) is 8.77. The number of piperazine rings is 1. The summed E-state index contributed by atoms with van der Waals surface area (Å²) in [6.07, 6.45) is -7.70. The van der Waals surface area contributed by atoms with Crippen LogP contribution in [-0.4, -0.2) is 31.1 Å². The molecule has 1 heterocycles. The van der Waals surface area contributed by atoms with Crippen molar-refractivity contribution in [3.05, 3.63) is 34.6 Å². The van der Waals surface area contributed by atoms with Crippen molar-refractivity contribution in [2.24, 2.45) is 0 Å². The van der Waals surface area contributed by atoms with E-state index in [1.807, 2.05) is 6.92 Å². The number of hydrogen-bond donors (Lipinski definition) is 1. The van der Waals surface area contributed by atoms with Gasteiger partial charge in [-0.2, -0.15) is 26.3 Å². The van der Waals surface area contributed by atoms with E-state index in [9.17, 15) is 30.7 Å². The first kappa shape index (κ1) is 21.9. The van der Waals surface area contributed by atoms with E-state index in [0.717, 1.165) is 12.8 Å². The monoisotopic (exact) mass is 400 g/mol. The Bertz CT molecular complexity index is 619. The third-order valence-electron chi connectivity index (χ3n) is 4.77. The maximum absolute atomic E-state index is 14.6. The lowest BCUT2D eigenvalue weighted by molar-refractivity contribution is -0.144. The minimum Gasteiger partial charge on any atom is -0.314 e. The zero-order chi connectivity index (χ0) is 20.2. The highest BCUT2D eigenvalue weighted by molar-refractivity contribution is 5.39. The Hall–Kier alpha value is -1.35. The number of rotatable bonds is 6. The summed E-state index contributed by atoms with van der Waals surface area (Å²) in [7, 11) is 0. The average Bonchev–Trinajstić information content (AvgIpc) is 2.58. The quantitative estimate of drug-likeness (QED) is 0.509. The molecule has 1 aliphatic heterocycles. The Morgan fingerprint density at radius 2 is 1.63 bits per heavy atom. The van der Waals surface area contributed by atoms with Crippen LogP contribution in [0.3, 0.4) is 0 Å². The summed E-state index contributed by atoms with van der Waals surface area (Å²) in [5, 5.41) is 3.07. The van der Waals surface area contributed by atoms with Crippen LogP contribution in [0.4, 0.5) is 30.7 Å². The molecule has 27 heavy (non-hydrogen) atoms. The fraction of sp³-hybridized carbons (Fsp3) is 0.667. The van der Waals surface area contributed by atoms with Crippen molar-refractivity contribution in [1.29, 1.82) is 0 Å². The number of halogens is 7. The van der Waals surface area contributed by atoms with E-state index < -0.39 is 40.9 Å². The number of benzene rings is 1. The molecule has 2 nitrogen and oxygen atoms in total. The SMILES string of the molecule is CCCCC[C@@H](c1c(F)cc(C(F)(F)F)cc1C(F)(F)F)N1CCNCC1. The zero-order valence-electron chi connectivity index (χ0n) is 15.0. The van der Waals surface area contributed by atoms with Crippen LogP contribution in [-0.2, 0) is 12.4 Å². The Kier molecular flexibility index (Phi) is 7.13. The molecule has 0 saturated carbocycles. The van der Waals surface area contributed by atoms with Gasteiger partial charge in [0.25, 0.3) is 0 Å². The summed E-state index contributed by atoms with van der Waals surface area (Å²) < 4.78 is 94.0. The van der Waals surface area contributed by atoms with E-state index >= 15 is 0 Å². The topological polar surface area (TPSA) is 15.3 Å². The summed E-state index contributed by atoms with van der Waals surface area (Å²) >= 11 is 0. The van der Waals surface area contributed by atoms with Gasteiger partial charge in [0.2, 0.25) is 0 Å². The summed E-state index contributed by atoms with van der Waals surface area (Å²) in [6.45, 7) is 3.82. The van der Waals surface area contributed by atoms with E-state index in [1.165, 1.54) is 0 Å². The lowest BCUT2D eigenvalue weighted by Crippen LogP contribution is -2.45. The Morgan fingerprint density at radius 3 is 2.15 bits per heavy atom. The van der Waals surface area contributed by atoms with Gasteiger partial charge in [-0.3, -0.25) is 4.90 Å². The van der Waals surface area contributed by atoms with Crippen molar-refractivity contribution < 1.29 is 30.7 Å². The minimum absolute atomic E-state index is 0.0351. The molecule has 0 bridgehead atoms. The molecule has 0 spiro atoms. The van der Waals surface area contributed by atoms with Gasteiger partial charge in [-0.1, -0.05) is 26.2 Å². The average molecular weight is 400 g/mol. The highest BCUT2D eigenvalue weighted by Crippen LogP contribution is 2.43. The van der Waals surface area contributed by atoms with Crippen LogP contribution in [0.2, 0.25) is 0 Å². The molecule has 1 N–H and O–H groups in total. The molecule has 154 valence electrons. The molecule has 1 saturated heterocycles. The fourth-order valence-electron chi connectivity index (χ4n) is 3.45. The predicted octanol–water partition coefficient (Wildman–Crippen LogP) is 5.39. The van der Waals surface area contributed by atoms with E-state index in [1.54, 1.807) is 4.90 Å². The second-order valence-electron chi connectivity index (χ2n) is 6.71. The first-order valence-electron chi connectivity index (χ1n) is 8.98. The molecule has 9 heteroatoms. The van der Waals surface area contributed by atoms with Crippen molar-refractivity contribution in [1.82, 2.24) is 10.2 Å². The first-order chi connectivity index (χ1) is 12.6. The molecule has 1 aromatic carbocycles. The van der Waals surface area contributed by atoms with Crippen LogP contribution in [0.25, 0.3) is 0 Å². The molecular formula is C18H23F7N2. The van der Waals surface area contributed by atoms with Crippen molar-refractivity contribution in [3.63, 3.8) is 0 Å². The minimum atomic E-state index is -5.07. The van der Waals surface area contributed by atoms with Gasteiger partial charge in [0.15, 0.2) is 0 Å². The standard InChI is InChI=1S/C18H23F7N2/c1-2-3-4-5-15(27-8-6-26-7-9-27)16-13(18(23,24)25)10-12(11-14(16)19)17(20,21)22/h10-11,15,26H,2-9H2,1H3/t15-/m0/s1. The molecule has 1 aromatic rings. The van der Waals surface area contributed by atoms with Gasteiger partial charge in [0.1, 0.15) is 5.82 Å². The lowest BCUT2D eigenvalue weighted by Gasteiger charge is -2.36. The highest BCUT2D eigenvalue weighted by Gasteiger charge is 2.42. The summed E-state index contributed by atoms with van der Waals surface area (Å²) in [6, 6.07) is -0.690. The van der Waals surface area contributed by atoms with Crippen molar-refractivity contribution in [2.75, 3.05) is 26.2 Å². The number of nitrogens with one attached hydrogen (secondary N) is 1. The number of alkyl halides is 6.